The van der Waals surface area contributed by atoms with Gasteiger partial charge < -0.3 is 11.1 Å². The normalized spacial score (nSPS) is 12.2. The zero-order valence-electron chi connectivity index (χ0n) is 13.8. The van der Waals surface area contributed by atoms with Crippen LogP contribution in [0.2, 0.25) is 5.02 Å². The van der Waals surface area contributed by atoms with Crippen molar-refractivity contribution in [1.29, 1.82) is 0 Å². The van der Waals surface area contributed by atoms with Gasteiger partial charge in [-0.3, -0.25) is 4.79 Å². The maximum atomic E-state index is 12.2. The number of nitrogens with one attached hydrogen (secondary N) is 1. The molecule has 0 bridgehead atoms. The molecule has 0 saturated heterocycles. The lowest BCUT2D eigenvalue weighted by Crippen LogP contribution is -2.39. The van der Waals surface area contributed by atoms with Crippen molar-refractivity contribution in [3.63, 3.8) is 0 Å². The third-order valence-electron chi connectivity index (χ3n) is 3.71. The van der Waals surface area contributed by atoms with Crippen LogP contribution in [0.3, 0.4) is 0 Å². The van der Waals surface area contributed by atoms with Crippen LogP contribution in [0.15, 0.2) is 61.1 Å². The number of amides is 1. The van der Waals surface area contributed by atoms with Crippen molar-refractivity contribution >= 4 is 23.6 Å². The fraction of sp³-hybridized carbons (Fsp3) is 0.111. The zero-order valence-corrected chi connectivity index (χ0v) is 14.5. The number of carbonyl (C=O) groups is 1. The Kier molecular flexibility index (Phi) is 5.73. The summed E-state index contributed by atoms with van der Waals surface area (Å²) in [6.45, 7) is 0. The number of halogens is 1. The number of nitrogens with two attached hydrogens (primary N) is 1. The molecule has 3 aromatic rings. The molecule has 0 aliphatic carbocycles. The second-order valence-electron chi connectivity index (χ2n) is 5.60. The number of nitrogens with zero attached hydrogens (tertiary/aromatic N) is 4. The minimum absolute atomic E-state index is 0.267. The van der Waals surface area contributed by atoms with Crippen molar-refractivity contribution in [3.05, 3.63) is 77.2 Å². The largest absolute Gasteiger partial charge is 0.331 e. The summed E-state index contributed by atoms with van der Waals surface area (Å²) in [6.07, 6.45) is 5.20. The zero-order chi connectivity index (χ0) is 18.4. The first kappa shape index (κ1) is 17.8. The van der Waals surface area contributed by atoms with E-state index in [9.17, 15) is 4.79 Å². The quantitative estimate of drug-likeness (QED) is 0.693. The number of hydrogen-bond acceptors (Lipinski definition) is 5. The van der Waals surface area contributed by atoms with E-state index in [4.69, 9.17) is 17.3 Å². The number of benzene rings is 2. The van der Waals surface area contributed by atoms with E-state index in [0.29, 0.717) is 11.4 Å². The molecule has 0 radical (unpaired) electrons. The van der Waals surface area contributed by atoms with Crippen LogP contribution in [-0.2, 0) is 11.2 Å². The molecule has 8 heteroatoms. The summed E-state index contributed by atoms with van der Waals surface area (Å²) in [5.74, 6) is -0.267. The monoisotopic (exact) mass is 368 g/mol. The van der Waals surface area contributed by atoms with E-state index in [2.05, 4.69) is 20.8 Å². The average molecular weight is 369 g/mol. The van der Waals surface area contributed by atoms with Crippen LogP contribution in [0.4, 0.5) is 0 Å². The summed E-state index contributed by atoms with van der Waals surface area (Å²) in [6, 6.07) is 14.3. The van der Waals surface area contributed by atoms with Crippen LogP contribution in [0.5, 0.6) is 0 Å². The summed E-state index contributed by atoms with van der Waals surface area (Å²) >= 11 is 6.06. The standard InChI is InChI=1S/C18H17ClN6O/c19-15-6-7-17(25-12-22-23-24-25)14(11-15)8-9-21-18(26)16(20)10-13-4-2-1-3-5-13/h1-9,11-12,16H,10,20H2,(H,21,26). The fourth-order valence-electron chi connectivity index (χ4n) is 2.42. The fourth-order valence-corrected chi connectivity index (χ4v) is 2.60. The first-order valence-corrected chi connectivity index (χ1v) is 8.30. The molecule has 132 valence electrons. The molecule has 0 aliphatic heterocycles. The molecule has 0 saturated carbocycles. The molecule has 0 fully saturated rings. The molecular weight excluding hydrogens is 352 g/mol. The molecule has 1 amide bonds. The second kappa shape index (κ2) is 8.37. The van der Waals surface area contributed by atoms with Crippen molar-refractivity contribution in [3.8, 4) is 5.69 Å². The molecule has 26 heavy (non-hydrogen) atoms. The minimum Gasteiger partial charge on any atom is -0.331 e. The van der Waals surface area contributed by atoms with E-state index in [1.807, 2.05) is 30.3 Å². The predicted molar refractivity (Wildman–Crippen MR) is 99.5 cm³/mol. The molecule has 0 spiro atoms. The molecule has 7 nitrogen and oxygen atoms in total. The molecule has 3 rings (SSSR count). The molecule has 2 aromatic carbocycles. The first-order chi connectivity index (χ1) is 12.6. The molecule has 1 aromatic heterocycles. The summed E-state index contributed by atoms with van der Waals surface area (Å²) in [5, 5.41) is 14.4. The van der Waals surface area contributed by atoms with Crippen molar-refractivity contribution in [2.24, 2.45) is 5.73 Å². The van der Waals surface area contributed by atoms with Crippen molar-refractivity contribution in [2.75, 3.05) is 0 Å². The first-order valence-electron chi connectivity index (χ1n) is 7.93. The van der Waals surface area contributed by atoms with Gasteiger partial charge in [-0.05, 0) is 46.7 Å². The molecule has 1 atom stereocenters. The van der Waals surface area contributed by atoms with Gasteiger partial charge in [0.25, 0.3) is 0 Å². The van der Waals surface area contributed by atoms with Crippen LogP contribution in [0.1, 0.15) is 11.1 Å². The highest BCUT2D eigenvalue weighted by atomic mass is 35.5. The molecule has 1 heterocycles. The van der Waals surface area contributed by atoms with Gasteiger partial charge in [0.05, 0.1) is 11.7 Å². The highest BCUT2D eigenvalue weighted by Crippen LogP contribution is 2.20. The smallest absolute Gasteiger partial charge is 0.241 e. The van der Waals surface area contributed by atoms with Gasteiger partial charge in [0, 0.05) is 16.8 Å². The summed E-state index contributed by atoms with van der Waals surface area (Å²) < 4.78 is 1.51. The molecule has 1 unspecified atom stereocenters. The van der Waals surface area contributed by atoms with Crippen LogP contribution in [0.25, 0.3) is 11.8 Å². The Hall–Kier alpha value is -3.03. The highest BCUT2D eigenvalue weighted by Gasteiger charge is 2.12. The van der Waals surface area contributed by atoms with E-state index < -0.39 is 6.04 Å². The number of tetrazole rings is 1. The average Bonchev–Trinajstić information content (AvgIpc) is 3.17. The van der Waals surface area contributed by atoms with Gasteiger partial charge in [-0.2, -0.15) is 4.68 Å². The van der Waals surface area contributed by atoms with Gasteiger partial charge in [0.2, 0.25) is 5.91 Å². The van der Waals surface area contributed by atoms with Gasteiger partial charge in [0.1, 0.15) is 6.33 Å². The Labute approximate surface area is 155 Å². The van der Waals surface area contributed by atoms with Gasteiger partial charge in [-0.15, -0.1) is 5.10 Å². The van der Waals surface area contributed by atoms with E-state index in [0.717, 1.165) is 16.8 Å². The molecule has 0 aliphatic rings. The number of aromatic nitrogens is 4. The topological polar surface area (TPSA) is 98.7 Å². The lowest BCUT2D eigenvalue weighted by Gasteiger charge is -2.10. The Morgan fingerprint density at radius 3 is 2.81 bits per heavy atom. The summed E-state index contributed by atoms with van der Waals surface area (Å²) in [7, 11) is 0. The lowest BCUT2D eigenvalue weighted by atomic mass is 10.1. The van der Waals surface area contributed by atoms with E-state index in [1.54, 1.807) is 24.3 Å². The van der Waals surface area contributed by atoms with Gasteiger partial charge in [0.15, 0.2) is 0 Å². The number of rotatable bonds is 6. The van der Waals surface area contributed by atoms with Gasteiger partial charge >= 0.3 is 0 Å². The third-order valence-corrected chi connectivity index (χ3v) is 3.94. The highest BCUT2D eigenvalue weighted by molar-refractivity contribution is 6.30. The number of carbonyl (C=O) groups excluding carboxylic acids is 1. The molecule has 3 N–H and O–H groups in total. The van der Waals surface area contributed by atoms with Crippen molar-refractivity contribution < 1.29 is 4.79 Å². The lowest BCUT2D eigenvalue weighted by molar-refractivity contribution is -0.121. The maximum absolute atomic E-state index is 12.2. The van der Waals surface area contributed by atoms with Gasteiger partial charge in [-0.1, -0.05) is 41.9 Å². The Morgan fingerprint density at radius 1 is 1.27 bits per heavy atom. The van der Waals surface area contributed by atoms with Crippen molar-refractivity contribution in [2.45, 2.75) is 12.5 Å². The Balaban J connectivity index is 1.67. The van der Waals surface area contributed by atoms with Crippen molar-refractivity contribution in [1.82, 2.24) is 25.5 Å². The van der Waals surface area contributed by atoms with Crippen LogP contribution < -0.4 is 11.1 Å². The summed E-state index contributed by atoms with van der Waals surface area (Å²) in [4.78, 5) is 12.2. The van der Waals surface area contributed by atoms with E-state index in [-0.39, 0.29) is 5.91 Å². The van der Waals surface area contributed by atoms with Gasteiger partial charge in [-0.25, -0.2) is 0 Å². The SMILES string of the molecule is NC(Cc1ccccc1)C(=O)NC=Cc1cc(Cl)ccc1-n1cnnn1. The van der Waals surface area contributed by atoms with Crippen LogP contribution >= 0.6 is 11.6 Å². The van der Waals surface area contributed by atoms with Crippen LogP contribution in [-0.4, -0.2) is 32.2 Å². The van der Waals surface area contributed by atoms with E-state index >= 15 is 0 Å². The number of hydrogen-bond donors (Lipinski definition) is 2. The Bertz CT molecular complexity index is 895. The molecular formula is C18H17ClN6O. The maximum Gasteiger partial charge on any atom is 0.241 e. The van der Waals surface area contributed by atoms with Crippen LogP contribution in [0, 0.1) is 0 Å². The minimum atomic E-state index is -0.639. The summed E-state index contributed by atoms with van der Waals surface area (Å²) in [5.41, 5.74) is 8.46. The second-order valence-corrected chi connectivity index (χ2v) is 6.03. The Morgan fingerprint density at radius 2 is 2.08 bits per heavy atom. The van der Waals surface area contributed by atoms with E-state index in [1.165, 1.54) is 17.2 Å². The third kappa shape index (κ3) is 4.53. The predicted octanol–water partition coefficient (Wildman–Crippen LogP) is 1.97.